The van der Waals surface area contributed by atoms with Crippen molar-refractivity contribution in [3.05, 3.63) is 31.8 Å². The normalized spacial score (nSPS) is 13.6. The molecule has 0 spiro atoms. The highest BCUT2D eigenvalue weighted by atomic mass is 79.9. The first-order valence-electron chi connectivity index (χ1n) is 3.12. The van der Waals surface area contributed by atoms with E-state index in [2.05, 4.69) is 41.8 Å². The molecule has 0 bridgehead atoms. The number of halogens is 2. The second-order valence-corrected chi connectivity index (χ2v) is 3.89. The molecule has 0 aliphatic carbocycles. The quantitative estimate of drug-likeness (QED) is 0.684. The first kappa shape index (κ1) is 7.43. The average Bonchev–Trinajstić information content (AvgIpc) is 2.45. The van der Waals surface area contributed by atoms with Crippen molar-refractivity contribution < 1.29 is 0 Å². The highest BCUT2D eigenvalue weighted by Gasteiger charge is 2.03. The van der Waals surface area contributed by atoms with Gasteiger partial charge in [-0.25, -0.2) is 0 Å². The zero-order valence-electron chi connectivity index (χ0n) is 5.51. The van der Waals surface area contributed by atoms with Gasteiger partial charge in [0.25, 0.3) is 0 Å². The Morgan fingerprint density at radius 2 is 1.45 bits per heavy atom. The molecule has 4 heteroatoms. The molecule has 0 radical (unpaired) electrons. The van der Waals surface area contributed by atoms with Crippen molar-refractivity contribution in [2.75, 3.05) is 6.67 Å². The summed E-state index contributed by atoms with van der Waals surface area (Å²) in [5.41, 5.74) is 0. The number of benzene rings is 1. The molecule has 2 nitrogen and oxygen atoms in total. The number of fused-ring (bicyclic) bond motifs is 1. The molecule has 0 atom stereocenters. The topological polar surface area (TPSA) is 24.7 Å². The standard InChI is InChI=1S/C7H4Br2N2/c8-4-1-2-5(9)7-6(4)10-3-11-7/h1-2H,3H2. The molecule has 1 aromatic rings. The van der Waals surface area contributed by atoms with Crippen molar-refractivity contribution in [2.45, 2.75) is 0 Å². The maximum Gasteiger partial charge on any atom is 0.131 e. The lowest BCUT2D eigenvalue weighted by Crippen LogP contribution is -2.24. The summed E-state index contributed by atoms with van der Waals surface area (Å²) >= 11 is 6.81. The summed E-state index contributed by atoms with van der Waals surface area (Å²) in [7, 11) is 0. The van der Waals surface area contributed by atoms with Crippen molar-refractivity contribution in [1.82, 2.24) is 0 Å². The Hall–Kier alpha value is -0.220. The lowest BCUT2D eigenvalue weighted by molar-refractivity contribution is 1.05. The Labute approximate surface area is 80.3 Å². The Kier molecular flexibility index (Phi) is 1.81. The highest BCUT2D eigenvalue weighted by Crippen LogP contribution is 2.07. The minimum atomic E-state index is 0.552. The van der Waals surface area contributed by atoms with Crippen LogP contribution in [0.1, 0.15) is 0 Å². The zero-order valence-corrected chi connectivity index (χ0v) is 8.68. The molecule has 1 aliphatic heterocycles. The predicted molar refractivity (Wildman–Crippen MR) is 49.0 cm³/mol. The molecule has 0 amide bonds. The summed E-state index contributed by atoms with van der Waals surface area (Å²) in [4.78, 5) is 8.43. The Morgan fingerprint density at radius 3 is 1.91 bits per heavy atom. The lowest BCUT2D eigenvalue weighted by Gasteiger charge is -1.90. The summed E-state index contributed by atoms with van der Waals surface area (Å²) in [6.45, 7) is 0.552. The van der Waals surface area contributed by atoms with Crippen molar-refractivity contribution in [1.29, 1.82) is 0 Å². The van der Waals surface area contributed by atoms with Crippen LogP contribution >= 0.6 is 31.9 Å². The van der Waals surface area contributed by atoms with Gasteiger partial charge >= 0.3 is 0 Å². The van der Waals surface area contributed by atoms with E-state index in [1.54, 1.807) is 0 Å². The van der Waals surface area contributed by atoms with Crippen LogP contribution in [0.15, 0.2) is 31.1 Å². The van der Waals surface area contributed by atoms with Gasteiger partial charge in [0.2, 0.25) is 0 Å². The first-order chi connectivity index (χ1) is 5.29. The van der Waals surface area contributed by atoms with E-state index in [9.17, 15) is 0 Å². The van der Waals surface area contributed by atoms with E-state index >= 15 is 0 Å². The summed E-state index contributed by atoms with van der Waals surface area (Å²) < 4.78 is 2.02. The largest absolute Gasteiger partial charge is 0.258 e. The molecule has 1 heterocycles. The van der Waals surface area contributed by atoms with Crippen LogP contribution < -0.4 is 10.7 Å². The molecule has 1 aromatic carbocycles. The van der Waals surface area contributed by atoms with Gasteiger partial charge < -0.3 is 0 Å². The molecule has 0 saturated heterocycles. The SMILES string of the molecule is Brc1ccc(Br)c2c1=NCN=2. The maximum absolute atomic E-state index is 4.22. The Morgan fingerprint density at radius 1 is 1.00 bits per heavy atom. The van der Waals surface area contributed by atoms with Gasteiger partial charge in [-0.1, -0.05) is 0 Å². The van der Waals surface area contributed by atoms with Crippen molar-refractivity contribution in [2.24, 2.45) is 9.98 Å². The van der Waals surface area contributed by atoms with E-state index in [-0.39, 0.29) is 0 Å². The highest BCUT2D eigenvalue weighted by molar-refractivity contribution is 9.11. The minimum Gasteiger partial charge on any atom is -0.258 e. The minimum absolute atomic E-state index is 0.552. The number of rotatable bonds is 0. The first-order valence-corrected chi connectivity index (χ1v) is 4.70. The number of nitrogens with zero attached hydrogens (tertiary/aromatic N) is 2. The fraction of sp³-hybridized carbons (Fsp3) is 0.143. The van der Waals surface area contributed by atoms with Crippen LogP contribution in [-0.4, -0.2) is 6.67 Å². The number of hydrogen-bond acceptors (Lipinski definition) is 2. The number of hydrogen-bond donors (Lipinski definition) is 0. The average molecular weight is 276 g/mol. The van der Waals surface area contributed by atoms with Crippen LogP contribution in [0.2, 0.25) is 0 Å². The van der Waals surface area contributed by atoms with Crippen LogP contribution in [0.4, 0.5) is 0 Å². The van der Waals surface area contributed by atoms with Gasteiger partial charge in [0.05, 0.1) is 0 Å². The van der Waals surface area contributed by atoms with E-state index < -0.39 is 0 Å². The molecule has 1 aliphatic rings. The fourth-order valence-corrected chi connectivity index (χ4v) is 1.90. The Balaban J connectivity index is 2.98. The van der Waals surface area contributed by atoms with Crippen LogP contribution in [0.5, 0.6) is 0 Å². The molecule has 0 fully saturated rings. The van der Waals surface area contributed by atoms with Gasteiger partial charge in [0.15, 0.2) is 0 Å². The van der Waals surface area contributed by atoms with Gasteiger partial charge in [0.1, 0.15) is 17.4 Å². The Bertz CT molecular complexity index is 372. The lowest BCUT2D eigenvalue weighted by atomic mass is 10.3. The molecule has 0 unspecified atom stereocenters. The third-order valence-corrected chi connectivity index (χ3v) is 2.79. The van der Waals surface area contributed by atoms with Crippen molar-refractivity contribution in [3.8, 4) is 0 Å². The molecule has 56 valence electrons. The van der Waals surface area contributed by atoms with Crippen LogP contribution in [0.25, 0.3) is 0 Å². The fourth-order valence-electron chi connectivity index (χ4n) is 1.01. The maximum atomic E-state index is 4.22. The molecule has 0 saturated carbocycles. The smallest absolute Gasteiger partial charge is 0.131 e. The van der Waals surface area contributed by atoms with E-state index in [0.717, 1.165) is 19.7 Å². The van der Waals surface area contributed by atoms with Crippen LogP contribution in [-0.2, 0) is 0 Å². The summed E-state index contributed by atoms with van der Waals surface area (Å²) in [5, 5.41) is 1.92. The van der Waals surface area contributed by atoms with E-state index in [1.165, 1.54) is 0 Å². The van der Waals surface area contributed by atoms with Gasteiger partial charge in [-0.2, -0.15) is 0 Å². The van der Waals surface area contributed by atoms with Gasteiger partial charge in [0, 0.05) is 8.95 Å². The van der Waals surface area contributed by atoms with E-state index in [1.807, 2.05) is 12.1 Å². The van der Waals surface area contributed by atoms with Gasteiger partial charge in [-0.3, -0.25) is 9.98 Å². The van der Waals surface area contributed by atoms with Gasteiger partial charge in [-0.05, 0) is 44.0 Å². The molecule has 0 N–H and O–H groups in total. The van der Waals surface area contributed by atoms with E-state index in [0.29, 0.717) is 6.67 Å². The second kappa shape index (κ2) is 2.68. The third kappa shape index (κ3) is 1.14. The van der Waals surface area contributed by atoms with E-state index in [4.69, 9.17) is 0 Å². The molecular formula is C7H4Br2N2. The van der Waals surface area contributed by atoms with Crippen LogP contribution in [0.3, 0.4) is 0 Å². The second-order valence-electron chi connectivity index (χ2n) is 2.18. The zero-order chi connectivity index (χ0) is 7.84. The molecule has 11 heavy (non-hydrogen) atoms. The molecular weight excluding hydrogens is 272 g/mol. The van der Waals surface area contributed by atoms with Crippen molar-refractivity contribution in [3.63, 3.8) is 0 Å². The van der Waals surface area contributed by atoms with Crippen molar-refractivity contribution >= 4 is 31.9 Å². The predicted octanol–water partition coefficient (Wildman–Crippen LogP) is 1.42. The molecule has 2 rings (SSSR count). The summed E-state index contributed by atoms with van der Waals surface area (Å²) in [6.07, 6.45) is 0. The van der Waals surface area contributed by atoms with Crippen LogP contribution in [0, 0.1) is 0 Å². The monoisotopic (exact) mass is 274 g/mol. The summed E-state index contributed by atoms with van der Waals surface area (Å²) in [5.74, 6) is 0. The summed E-state index contributed by atoms with van der Waals surface area (Å²) in [6, 6.07) is 3.93. The van der Waals surface area contributed by atoms with Gasteiger partial charge in [-0.15, -0.1) is 0 Å². The molecule has 0 aromatic heterocycles. The third-order valence-electron chi connectivity index (χ3n) is 1.51.